The predicted octanol–water partition coefficient (Wildman–Crippen LogP) is 6.60. The fraction of sp³-hybridized carbons (Fsp3) is 0. The van der Waals surface area contributed by atoms with E-state index in [0.29, 0.717) is 22.2 Å². The number of carboxylic acids is 1. The number of benzene rings is 4. The van der Waals surface area contributed by atoms with Gasteiger partial charge in [0.25, 0.3) is 0 Å². The van der Waals surface area contributed by atoms with Crippen LogP contribution >= 0.6 is 0 Å². The van der Waals surface area contributed by atoms with Gasteiger partial charge in [-0.25, -0.2) is 14.8 Å². The van der Waals surface area contributed by atoms with Gasteiger partial charge >= 0.3 is 5.97 Å². The Morgan fingerprint density at radius 3 is 1.39 bits per heavy atom. The standard InChI is InChI=1S/C16H12N2O.C16H11NO2/c17-16(19)13-10-15(11-6-2-1-3-7-11)18-14-9-5-4-8-12(13)14;18-16(19)13-10-15(11-6-2-1-3-7-11)17-14-9-5-4-8-12(13)14/h1-10H,(H2,17,19);1-10H,(H,18,19). The molecule has 4 aromatic carbocycles. The van der Waals surface area contributed by atoms with E-state index in [4.69, 9.17) is 5.73 Å². The van der Waals surface area contributed by atoms with Crippen molar-refractivity contribution >= 4 is 33.7 Å². The summed E-state index contributed by atoms with van der Waals surface area (Å²) in [5, 5.41) is 10.8. The molecule has 6 rings (SSSR count). The number of aromatic carboxylic acids is 1. The zero-order valence-corrected chi connectivity index (χ0v) is 20.3. The Morgan fingerprint density at radius 2 is 0.947 bits per heavy atom. The van der Waals surface area contributed by atoms with Crippen molar-refractivity contribution in [1.82, 2.24) is 9.97 Å². The first-order valence-electron chi connectivity index (χ1n) is 11.9. The number of fused-ring (bicyclic) bond motifs is 2. The summed E-state index contributed by atoms with van der Waals surface area (Å²) < 4.78 is 0. The van der Waals surface area contributed by atoms with Crippen LogP contribution in [0.25, 0.3) is 44.3 Å². The van der Waals surface area contributed by atoms with Crippen LogP contribution in [0.4, 0.5) is 0 Å². The number of pyridine rings is 2. The molecule has 184 valence electrons. The van der Waals surface area contributed by atoms with Gasteiger partial charge in [0.05, 0.1) is 33.5 Å². The van der Waals surface area contributed by atoms with Crippen LogP contribution in [0.3, 0.4) is 0 Å². The number of carbonyl (C=O) groups excluding carboxylic acids is 1. The van der Waals surface area contributed by atoms with Crippen LogP contribution in [-0.2, 0) is 0 Å². The number of carboxylic acid groups (broad SMARTS) is 1. The quantitative estimate of drug-likeness (QED) is 0.285. The van der Waals surface area contributed by atoms with Gasteiger partial charge in [-0.2, -0.15) is 0 Å². The normalized spacial score (nSPS) is 10.5. The smallest absolute Gasteiger partial charge is 0.336 e. The molecular weight excluding hydrogens is 474 g/mol. The van der Waals surface area contributed by atoms with Gasteiger partial charge in [-0.3, -0.25) is 4.79 Å². The van der Waals surface area contributed by atoms with Gasteiger partial charge in [0, 0.05) is 21.9 Å². The number of nitrogens with two attached hydrogens (primary N) is 1. The van der Waals surface area contributed by atoms with Gasteiger partial charge in [0.1, 0.15) is 0 Å². The first-order chi connectivity index (χ1) is 18.5. The maximum absolute atomic E-state index is 11.6. The Morgan fingerprint density at radius 1 is 0.553 bits per heavy atom. The van der Waals surface area contributed by atoms with Gasteiger partial charge in [-0.15, -0.1) is 0 Å². The molecule has 2 aromatic heterocycles. The van der Waals surface area contributed by atoms with Crippen molar-refractivity contribution in [1.29, 1.82) is 0 Å². The molecule has 0 fully saturated rings. The summed E-state index contributed by atoms with van der Waals surface area (Å²) in [6.45, 7) is 0. The molecule has 6 aromatic rings. The van der Waals surface area contributed by atoms with E-state index in [2.05, 4.69) is 9.97 Å². The lowest BCUT2D eigenvalue weighted by Crippen LogP contribution is -2.12. The lowest BCUT2D eigenvalue weighted by atomic mass is 10.0. The molecule has 0 spiro atoms. The maximum Gasteiger partial charge on any atom is 0.336 e. The molecule has 0 aliphatic carbocycles. The molecule has 6 heteroatoms. The average Bonchev–Trinajstić information content (AvgIpc) is 2.97. The van der Waals surface area contributed by atoms with Crippen LogP contribution in [0.5, 0.6) is 0 Å². The maximum atomic E-state index is 11.6. The number of amides is 1. The zero-order valence-electron chi connectivity index (χ0n) is 20.3. The number of hydrogen-bond acceptors (Lipinski definition) is 4. The van der Waals surface area contributed by atoms with E-state index >= 15 is 0 Å². The van der Waals surface area contributed by atoms with E-state index in [0.717, 1.165) is 27.7 Å². The lowest BCUT2D eigenvalue weighted by molar-refractivity contribution is 0.0698. The third kappa shape index (κ3) is 5.10. The molecule has 0 saturated heterocycles. The SMILES string of the molecule is NC(=O)c1cc(-c2ccccc2)nc2ccccc12.O=C(O)c1cc(-c2ccccc2)nc2ccccc12. The predicted molar refractivity (Wildman–Crippen MR) is 150 cm³/mol. The topological polar surface area (TPSA) is 106 Å². The van der Waals surface area contributed by atoms with Crippen LogP contribution in [0.2, 0.25) is 0 Å². The van der Waals surface area contributed by atoms with Crippen molar-refractivity contribution in [2.75, 3.05) is 0 Å². The Bertz CT molecular complexity index is 1640. The van der Waals surface area contributed by atoms with E-state index in [9.17, 15) is 14.7 Å². The highest BCUT2D eigenvalue weighted by Crippen LogP contribution is 2.25. The molecule has 0 bridgehead atoms. The summed E-state index contributed by atoms with van der Waals surface area (Å²) in [5.74, 6) is -1.37. The summed E-state index contributed by atoms with van der Waals surface area (Å²) >= 11 is 0. The van der Waals surface area contributed by atoms with Gasteiger partial charge in [-0.1, -0.05) is 97.1 Å². The van der Waals surface area contributed by atoms with Crippen molar-refractivity contribution in [3.63, 3.8) is 0 Å². The second-order valence-corrected chi connectivity index (χ2v) is 8.55. The molecule has 3 N–H and O–H groups in total. The van der Waals surface area contributed by atoms with E-state index in [1.54, 1.807) is 18.2 Å². The van der Waals surface area contributed by atoms with Gasteiger partial charge in [0.2, 0.25) is 5.91 Å². The van der Waals surface area contributed by atoms with Crippen LogP contribution < -0.4 is 5.73 Å². The molecule has 0 unspecified atom stereocenters. The molecule has 1 amide bonds. The Kier molecular flexibility index (Phi) is 6.87. The number of carbonyl (C=O) groups is 2. The third-order valence-corrected chi connectivity index (χ3v) is 6.07. The molecule has 0 atom stereocenters. The Labute approximate surface area is 219 Å². The summed E-state index contributed by atoms with van der Waals surface area (Å²) in [7, 11) is 0. The number of hydrogen-bond donors (Lipinski definition) is 2. The molecule has 0 saturated carbocycles. The molecule has 2 heterocycles. The second-order valence-electron chi connectivity index (χ2n) is 8.55. The number of aromatic nitrogens is 2. The fourth-order valence-electron chi connectivity index (χ4n) is 4.25. The van der Waals surface area contributed by atoms with Crippen molar-refractivity contribution in [3.05, 3.63) is 132 Å². The lowest BCUT2D eigenvalue weighted by Gasteiger charge is -2.07. The highest BCUT2D eigenvalue weighted by molar-refractivity contribution is 6.06. The highest BCUT2D eigenvalue weighted by atomic mass is 16.4. The molecular formula is C32H23N3O3. The molecule has 0 radical (unpaired) electrons. The van der Waals surface area contributed by atoms with Crippen molar-refractivity contribution in [2.24, 2.45) is 5.73 Å². The molecule has 38 heavy (non-hydrogen) atoms. The molecule has 0 aliphatic rings. The Hall–Kier alpha value is -5.36. The highest BCUT2D eigenvalue weighted by Gasteiger charge is 2.12. The van der Waals surface area contributed by atoms with Gasteiger partial charge in [0.15, 0.2) is 0 Å². The minimum Gasteiger partial charge on any atom is -0.478 e. The average molecular weight is 498 g/mol. The van der Waals surface area contributed by atoms with Crippen molar-refractivity contribution in [3.8, 4) is 22.5 Å². The summed E-state index contributed by atoms with van der Waals surface area (Å²) in [5.41, 5.74) is 11.0. The van der Waals surface area contributed by atoms with E-state index in [-0.39, 0.29) is 5.56 Å². The Balaban J connectivity index is 0.000000155. The first kappa shape index (κ1) is 24.3. The van der Waals surface area contributed by atoms with E-state index in [1.807, 2.05) is 103 Å². The number of primary amides is 1. The van der Waals surface area contributed by atoms with Crippen LogP contribution in [0.15, 0.2) is 121 Å². The minimum absolute atomic E-state index is 0.282. The van der Waals surface area contributed by atoms with Crippen LogP contribution in [-0.4, -0.2) is 27.0 Å². The summed E-state index contributed by atoms with van der Waals surface area (Å²) in [4.78, 5) is 32.1. The second kappa shape index (κ2) is 10.7. The number of rotatable bonds is 4. The largest absolute Gasteiger partial charge is 0.478 e. The number of para-hydroxylation sites is 2. The van der Waals surface area contributed by atoms with E-state index < -0.39 is 11.9 Å². The minimum atomic E-state index is -0.934. The molecule has 0 aliphatic heterocycles. The van der Waals surface area contributed by atoms with Crippen molar-refractivity contribution in [2.45, 2.75) is 0 Å². The van der Waals surface area contributed by atoms with Crippen LogP contribution in [0.1, 0.15) is 20.7 Å². The van der Waals surface area contributed by atoms with Crippen molar-refractivity contribution < 1.29 is 14.7 Å². The first-order valence-corrected chi connectivity index (χ1v) is 11.9. The summed E-state index contributed by atoms with van der Waals surface area (Å²) in [6.07, 6.45) is 0. The van der Waals surface area contributed by atoms with Gasteiger partial charge < -0.3 is 10.8 Å². The van der Waals surface area contributed by atoms with Crippen LogP contribution in [0, 0.1) is 0 Å². The zero-order chi connectivity index (χ0) is 26.5. The number of nitrogens with zero attached hydrogens (tertiary/aromatic N) is 2. The third-order valence-electron chi connectivity index (χ3n) is 6.07. The van der Waals surface area contributed by atoms with E-state index in [1.165, 1.54) is 0 Å². The van der Waals surface area contributed by atoms with Gasteiger partial charge in [-0.05, 0) is 24.3 Å². The fourth-order valence-corrected chi connectivity index (χ4v) is 4.25. The molecule has 6 nitrogen and oxygen atoms in total. The summed E-state index contributed by atoms with van der Waals surface area (Å²) in [6, 6.07) is 37.5. The monoisotopic (exact) mass is 497 g/mol.